The first-order valence-corrected chi connectivity index (χ1v) is 10.3. The summed E-state index contributed by atoms with van der Waals surface area (Å²) in [5.74, 6) is -0.918. The first kappa shape index (κ1) is 20.8. The second-order valence-electron chi connectivity index (χ2n) is 7.56. The molecule has 0 radical (unpaired) electrons. The van der Waals surface area contributed by atoms with Crippen LogP contribution in [0.25, 0.3) is 0 Å². The standard InChI is InChI=1S/C25H21ClN2O3/c1-16-10-11-22(17(2)14-16)27(23(29)18-6-5-7-19(26)15-18)12-13-28-24(30)20-8-3-4-9-21(20)25(28)31/h3-11,14-15H,12-13H2,1-2H3. The number of amides is 3. The molecule has 0 saturated heterocycles. The van der Waals surface area contributed by atoms with Crippen LogP contribution in [0, 0.1) is 13.8 Å². The number of anilines is 1. The van der Waals surface area contributed by atoms with Crippen molar-refractivity contribution in [2.24, 2.45) is 0 Å². The zero-order valence-corrected chi connectivity index (χ0v) is 18.0. The predicted octanol–water partition coefficient (Wildman–Crippen LogP) is 4.90. The topological polar surface area (TPSA) is 57.7 Å². The van der Waals surface area contributed by atoms with Gasteiger partial charge in [-0.2, -0.15) is 0 Å². The molecule has 0 aliphatic carbocycles. The van der Waals surface area contributed by atoms with Gasteiger partial charge in [0.2, 0.25) is 0 Å². The van der Waals surface area contributed by atoms with Crippen molar-refractivity contribution in [1.29, 1.82) is 0 Å². The molecule has 1 aliphatic heterocycles. The SMILES string of the molecule is Cc1ccc(N(CCN2C(=O)c3ccccc3C2=O)C(=O)c2cccc(Cl)c2)c(C)c1. The highest BCUT2D eigenvalue weighted by Crippen LogP contribution is 2.26. The Morgan fingerprint density at radius 1 is 0.903 bits per heavy atom. The Bertz CT molecular complexity index is 1170. The lowest BCUT2D eigenvalue weighted by Gasteiger charge is -2.27. The molecule has 0 bridgehead atoms. The third-order valence-electron chi connectivity index (χ3n) is 5.39. The minimum absolute atomic E-state index is 0.0893. The summed E-state index contributed by atoms with van der Waals surface area (Å²) in [4.78, 5) is 41.7. The molecule has 4 rings (SSSR count). The van der Waals surface area contributed by atoms with E-state index in [-0.39, 0.29) is 30.8 Å². The highest BCUT2D eigenvalue weighted by molar-refractivity contribution is 6.31. The van der Waals surface area contributed by atoms with Gasteiger partial charge in [-0.25, -0.2) is 0 Å². The van der Waals surface area contributed by atoms with Crippen LogP contribution in [0.5, 0.6) is 0 Å². The third kappa shape index (κ3) is 3.97. The molecule has 31 heavy (non-hydrogen) atoms. The summed E-state index contributed by atoms with van der Waals surface area (Å²) in [5, 5.41) is 0.465. The first-order chi connectivity index (χ1) is 14.9. The lowest BCUT2D eigenvalue weighted by Crippen LogP contribution is -2.41. The highest BCUT2D eigenvalue weighted by atomic mass is 35.5. The number of hydrogen-bond acceptors (Lipinski definition) is 3. The van der Waals surface area contributed by atoms with E-state index in [4.69, 9.17) is 11.6 Å². The molecular weight excluding hydrogens is 412 g/mol. The largest absolute Gasteiger partial charge is 0.306 e. The Morgan fingerprint density at radius 2 is 1.58 bits per heavy atom. The van der Waals surface area contributed by atoms with Gasteiger partial charge in [-0.15, -0.1) is 0 Å². The van der Waals surface area contributed by atoms with Gasteiger partial charge in [0.25, 0.3) is 17.7 Å². The predicted molar refractivity (Wildman–Crippen MR) is 121 cm³/mol. The van der Waals surface area contributed by atoms with Crippen molar-refractivity contribution in [3.63, 3.8) is 0 Å². The number of imide groups is 1. The second kappa shape index (κ2) is 8.36. The molecule has 0 unspecified atom stereocenters. The van der Waals surface area contributed by atoms with Crippen LogP contribution in [0.3, 0.4) is 0 Å². The number of hydrogen-bond donors (Lipinski definition) is 0. The number of aryl methyl sites for hydroxylation is 2. The molecular formula is C25H21ClN2O3. The van der Waals surface area contributed by atoms with E-state index in [1.165, 1.54) is 4.90 Å². The Balaban J connectivity index is 1.65. The van der Waals surface area contributed by atoms with Crippen LogP contribution in [0.2, 0.25) is 5.02 Å². The molecule has 1 heterocycles. The minimum atomic E-state index is -0.337. The van der Waals surface area contributed by atoms with Crippen molar-refractivity contribution >= 4 is 35.0 Å². The van der Waals surface area contributed by atoms with Crippen molar-refractivity contribution in [1.82, 2.24) is 4.90 Å². The molecule has 3 amide bonds. The number of halogens is 1. The molecule has 156 valence electrons. The molecule has 1 aliphatic rings. The van der Waals surface area contributed by atoms with E-state index in [2.05, 4.69) is 0 Å². The molecule has 0 fully saturated rings. The van der Waals surface area contributed by atoms with Gasteiger partial charge >= 0.3 is 0 Å². The van der Waals surface area contributed by atoms with Crippen LogP contribution >= 0.6 is 11.6 Å². The van der Waals surface area contributed by atoms with E-state index in [9.17, 15) is 14.4 Å². The molecule has 3 aromatic carbocycles. The Kier molecular flexibility index (Phi) is 5.61. The van der Waals surface area contributed by atoms with Crippen LogP contribution in [0.4, 0.5) is 5.69 Å². The Labute approximate surface area is 185 Å². The fourth-order valence-electron chi connectivity index (χ4n) is 3.86. The van der Waals surface area contributed by atoms with Crippen LogP contribution in [0.1, 0.15) is 42.2 Å². The minimum Gasteiger partial charge on any atom is -0.306 e. The van der Waals surface area contributed by atoms with E-state index < -0.39 is 0 Å². The Morgan fingerprint density at radius 3 is 2.19 bits per heavy atom. The summed E-state index contributed by atoms with van der Waals surface area (Å²) in [6.07, 6.45) is 0. The molecule has 0 aromatic heterocycles. The maximum absolute atomic E-state index is 13.4. The molecule has 3 aromatic rings. The van der Waals surface area contributed by atoms with Crippen LogP contribution < -0.4 is 4.90 Å². The van der Waals surface area contributed by atoms with Gasteiger partial charge < -0.3 is 4.90 Å². The summed E-state index contributed by atoms with van der Waals surface area (Å²) in [5.41, 5.74) is 3.97. The van der Waals surface area contributed by atoms with E-state index in [1.807, 2.05) is 32.0 Å². The molecule has 0 atom stereocenters. The number of carbonyl (C=O) groups is 3. The van der Waals surface area contributed by atoms with Crippen molar-refractivity contribution in [3.05, 3.63) is 99.6 Å². The van der Waals surface area contributed by atoms with E-state index >= 15 is 0 Å². The quantitative estimate of drug-likeness (QED) is 0.539. The van der Waals surface area contributed by atoms with Gasteiger partial charge in [-0.1, -0.05) is 47.5 Å². The van der Waals surface area contributed by atoms with Gasteiger partial charge in [0.05, 0.1) is 11.1 Å². The number of nitrogens with zero attached hydrogens (tertiary/aromatic N) is 2. The Hall–Kier alpha value is -3.44. The average molecular weight is 433 g/mol. The van der Waals surface area contributed by atoms with E-state index in [0.717, 1.165) is 16.8 Å². The maximum Gasteiger partial charge on any atom is 0.261 e. The maximum atomic E-state index is 13.4. The van der Waals surface area contributed by atoms with Crippen molar-refractivity contribution in [2.45, 2.75) is 13.8 Å². The second-order valence-corrected chi connectivity index (χ2v) is 8.00. The van der Waals surface area contributed by atoms with Crippen LogP contribution in [-0.4, -0.2) is 35.7 Å². The summed E-state index contributed by atoms with van der Waals surface area (Å²) in [7, 11) is 0. The van der Waals surface area contributed by atoms with Gasteiger partial charge in [0.1, 0.15) is 0 Å². The number of rotatable bonds is 5. The van der Waals surface area contributed by atoms with E-state index in [1.54, 1.807) is 53.4 Å². The van der Waals surface area contributed by atoms with E-state index in [0.29, 0.717) is 21.7 Å². The summed E-state index contributed by atoms with van der Waals surface area (Å²) in [6, 6.07) is 19.3. The van der Waals surface area contributed by atoms with Gasteiger partial charge in [-0.3, -0.25) is 19.3 Å². The summed E-state index contributed by atoms with van der Waals surface area (Å²) in [6.45, 7) is 4.17. The molecule has 0 N–H and O–H groups in total. The zero-order chi connectivity index (χ0) is 22.1. The van der Waals surface area contributed by atoms with Gasteiger partial charge in [0.15, 0.2) is 0 Å². The fourth-order valence-corrected chi connectivity index (χ4v) is 4.05. The summed E-state index contributed by atoms with van der Waals surface area (Å²) >= 11 is 6.09. The van der Waals surface area contributed by atoms with Crippen molar-refractivity contribution < 1.29 is 14.4 Å². The molecule has 6 heteroatoms. The van der Waals surface area contributed by atoms with Gasteiger partial charge in [0, 0.05) is 29.4 Å². The van der Waals surface area contributed by atoms with Crippen LogP contribution in [-0.2, 0) is 0 Å². The molecule has 0 saturated carbocycles. The molecule has 5 nitrogen and oxygen atoms in total. The number of carbonyl (C=O) groups excluding carboxylic acids is 3. The fraction of sp³-hybridized carbons (Fsp3) is 0.160. The first-order valence-electron chi connectivity index (χ1n) is 9.96. The van der Waals surface area contributed by atoms with Crippen molar-refractivity contribution in [2.75, 3.05) is 18.0 Å². The molecule has 0 spiro atoms. The lowest BCUT2D eigenvalue weighted by molar-refractivity contribution is 0.0654. The third-order valence-corrected chi connectivity index (χ3v) is 5.62. The van der Waals surface area contributed by atoms with Gasteiger partial charge in [-0.05, 0) is 55.8 Å². The lowest BCUT2D eigenvalue weighted by atomic mass is 10.1. The van der Waals surface area contributed by atoms with Crippen molar-refractivity contribution in [3.8, 4) is 0 Å². The van der Waals surface area contributed by atoms with Crippen LogP contribution in [0.15, 0.2) is 66.7 Å². The average Bonchev–Trinajstić information content (AvgIpc) is 2.99. The monoisotopic (exact) mass is 432 g/mol. The zero-order valence-electron chi connectivity index (χ0n) is 17.3. The summed E-state index contributed by atoms with van der Waals surface area (Å²) < 4.78 is 0. The normalized spacial score (nSPS) is 12.8. The number of benzene rings is 3. The highest BCUT2D eigenvalue weighted by Gasteiger charge is 2.35. The smallest absolute Gasteiger partial charge is 0.261 e. The number of fused-ring (bicyclic) bond motifs is 1.